The van der Waals surface area contributed by atoms with Crippen LogP contribution in [-0.4, -0.2) is 31.1 Å². The Morgan fingerprint density at radius 1 is 1.11 bits per heavy atom. The van der Waals surface area contributed by atoms with Crippen molar-refractivity contribution in [2.24, 2.45) is 0 Å². The second-order valence-corrected chi connectivity index (χ2v) is 4.08. The average molecular weight is 252 g/mol. The predicted octanol–water partition coefficient (Wildman–Crippen LogP) is 2.09. The molecule has 5 heteroatoms. The van der Waals surface area contributed by atoms with Crippen molar-refractivity contribution in [2.75, 3.05) is 14.2 Å². The molecular formula is C13H16O5. The van der Waals surface area contributed by atoms with Crippen molar-refractivity contribution in [3.8, 4) is 11.5 Å². The molecule has 0 aromatic heterocycles. The molecular weight excluding hydrogens is 236 g/mol. The van der Waals surface area contributed by atoms with Crippen molar-refractivity contribution >= 4 is 11.8 Å². The number of ether oxygens (including phenoxy) is 2. The summed E-state index contributed by atoms with van der Waals surface area (Å²) >= 11 is 0. The number of aliphatic carboxylic acids is 1. The van der Waals surface area contributed by atoms with E-state index >= 15 is 0 Å². The number of carbonyl (C=O) groups is 2. The third-order valence-corrected chi connectivity index (χ3v) is 2.61. The Hall–Kier alpha value is -2.04. The van der Waals surface area contributed by atoms with E-state index in [1.165, 1.54) is 26.4 Å². The first kappa shape index (κ1) is 14.0. The maximum Gasteiger partial charge on any atom is 0.377 e. The summed E-state index contributed by atoms with van der Waals surface area (Å²) in [5, 5.41) is 8.78. The number of carboxylic acids is 1. The summed E-state index contributed by atoms with van der Waals surface area (Å²) in [6.45, 7) is 3.86. The van der Waals surface area contributed by atoms with Gasteiger partial charge in [-0.15, -0.1) is 0 Å². The van der Waals surface area contributed by atoms with Crippen LogP contribution >= 0.6 is 0 Å². The van der Waals surface area contributed by atoms with Crippen molar-refractivity contribution in [1.82, 2.24) is 0 Å². The molecule has 0 atom stereocenters. The topological polar surface area (TPSA) is 72.8 Å². The van der Waals surface area contributed by atoms with E-state index in [2.05, 4.69) is 0 Å². The molecule has 0 fully saturated rings. The molecule has 1 aromatic rings. The highest BCUT2D eigenvalue weighted by atomic mass is 16.5. The first-order chi connectivity index (χ1) is 8.42. The van der Waals surface area contributed by atoms with Gasteiger partial charge in [-0.1, -0.05) is 13.8 Å². The Bertz CT molecular complexity index is 477. The van der Waals surface area contributed by atoms with Crippen LogP contribution in [0.25, 0.3) is 0 Å². The lowest BCUT2D eigenvalue weighted by atomic mass is 9.97. The number of benzene rings is 1. The van der Waals surface area contributed by atoms with Gasteiger partial charge in [0.2, 0.25) is 0 Å². The first-order valence-electron chi connectivity index (χ1n) is 5.45. The minimum absolute atomic E-state index is 0.0366. The lowest BCUT2D eigenvalue weighted by molar-refractivity contribution is -0.131. The molecule has 0 unspecified atom stereocenters. The molecule has 98 valence electrons. The highest BCUT2D eigenvalue weighted by molar-refractivity contribution is 6.40. The maximum absolute atomic E-state index is 11.6. The first-order valence-corrected chi connectivity index (χ1v) is 5.45. The summed E-state index contributed by atoms with van der Waals surface area (Å²) in [6.07, 6.45) is 0. The molecule has 0 radical (unpaired) electrons. The lowest BCUT2D eigenvalue weighted by Gasteiger charge is -2.15. The van der Waals surface area contributed by atoms with Crippen LogP contribution in [0.4, 0.5) is 0 Å². The molecule has 18 heavy (non-hydrogen) atoms. The van der Waals surface area contributed by atoms with Crippen LogP contribution < -0.4 is 9.47 Å². The molecule has 0 aliphatic rings. The van der Waals surface area contributed by atoms with Gasteiger partial charge >= 0.3 is 5.97 Å². The molecule has 0 bridgehead atoms. The van der Waals surface area contributed by atoms with Gasteiger partial charge in [0, 0.05) is 6.07 Å². The highest BCUT2D eigenvalue weighted by Crippen LogP contribution is 2.33. The minimum Gasteiger partial charge on any atom is -0.496 e. The molecule has 0 spiro atoms. The van der Waals surface area contributed by atoms with Gasteiger partial charge in [-0.25, -0.2) is 4.79 Å². The molecule has 1 rings (SSSR count). The zero-order valence-electron chi connectivity index (χ0n) is 10.8. The van der Waals surface area contributed by atoms with Crippen molar-refractivity contribution in [2.45, 2.75) is 19.8 Å². The van der Waals surface area contributed by atoms with E-state index in [4.69, 9.17) is 14.6 Å². The summed E-state index contributed by atoms with van der Waals surface area (Å²) < 4.78 is 10.2. The molecule has 5 nitrogen and oxygen atoms in total. The number of methoxy groups -OCH3 is 2. The summed E-state index contributed by atoms with van der Waals surface area (Å²) in [7, 11) is 2.89. The van der Waals surface area contributed by atoms with Crippen LogP contribution in [0.1, 0.15) is 35.7 Å². The predicted molar refractivity (Wildman–Crippen MR) is 65.6 cm³/mol. The van der Waals surface area contributed by atoms with Gasteiger partial charge in [0.05, 0.1) is 19.8 Å². The van der Waals surface area contributed by atoms with Gasteiger partial charge < -0.3 is 14.6 Å². The van der Waals surface area contributed by atoms with Crippen molar-refractivity contribution in [3.05, 3.63) is 23.3 Å². The standard InChI is InChI=1S/C13H16O5/c1-7(2)8-5-9(12(14)13(15)16)11(18-4)6-10(8)17-3/h5-7H,1-4H3,(H,15,16). The van der Waals surface area contributed by atoms with Crippen LogP contribution in [0.3, 0.4) is 0 Å². The molecule has 1 aromatic carbocycles. The molecule has 0 amide bonds. The van der Waals surface area contributed by atoms with Crippen LogP contribution in [0.5, 0.6) is 11.5 Å². The summed E-state index contributed by atoms with van der Waals surface area (Å²) in [5.74, 6) is -1.62. The minimum atomic E-state index is -1.51. The van der Waals surface area contributed by atoms with Gasteiger partial charge in [-0.2, -0.15) is 0 Å². The Kier molecular flexibility index (Phi) is 4.31. The van der Waals surface area contributed by atoms with Crippen LogP contribution in [0.2, 0.25) is 0 Å². The monoisotopic (exact) mass is 252 g/mol. The van der Waals surface area contributed by atoms with E-state index in [9.17, 15) is 9.59 Å². The fraction of sp³-hybridized carbons (Fsp3) is 0.385. The quantitative estimate of drug-likeness (QED) is 0.641. The molecule has 0 aliphatic carbocycles. The maximum atomic E-state index is 11.6. The number of ketones is 1. The van der Waals surface area contributed by atoms with E-state index in [0.717, 1.165) is 5.56 Å². The molecule has 0 heterocycles. The van der Waals surface area contributed by atoms with E-state index in [0.29, 0.717) is 5.75 Å². The van der Waals surface area contributed by atoms with E-state index < -0.39 is 11.8 Å². The summed E-state index contributed by atoms with van der Waals surface area (Å²) in [4.78, 5) is 22.3. The normalized spacial score (nSPS) is 10.3. The Labute approximate surface area is 105 Å². The summed E-state index contributed by atoms with van der Waals surface area (Å²) in [5.41, 5.74) is 0.803. The van der Waals surface area contributed by atoms with Crippen molar-refractivity contribution in [1.29, 1.82) is 0 Å². The summed E-state index contributed by atoms with van der Waals surface area (Å²) in [6, 6.07) is 3.05. The Balaban J connectivity index is 3.45. The van der Waals surface area contributed by atoms with Crippen molar-refractivity contribution < 1.29 is 24.2 Å². The second-order valence-electron chi connectivity index (χ2n) is 4.08. The number of hydrogen-bond acceptors (Lipinski definition) is 4. The van der Waals surface area contributed by atoms with Crippen LogP contribution in [-0.2, 0) is 4.79 Å². The zero-order chi connectivity index (χ0) is 13.9. The SMILES string of the molecule is COc1cc(OC)c(C(C)C)cc1C(=O)C(=O)O. The third kappa shape index (κ3) is 2.61. The van der Waals surface area contributed by atoms with Gasteiger partial charge in [0.15, 0.2) is 0 Å². The number of hydrogen-bond donors (Lipinski definition) is 1. The van der Waals surface area contributed by atoms with Gasteiger partial charge in [-0.05, 0) is 17.5 Å². The fourth-order valence-corrected chi connectivity index (χ4v) is 1.67. The van der Waals surface area contributed by atoms with Crippen LogP contribution in [0.15, 0.2) is 12.1 Å². The smallest absolute Gasteiger partial charge is 0.377 e. The Morgan fingerprint density at radius 2 is 1.67 bits per heavy atom. The second kappa shape index (κ2) is 5.53. The fourth-order valence-electron chi connectivity index (χ4n) is 1.67. The number of Topliss-reactive ketones (excluding diaryl/α,β-unsaturated/α-hetero) is 1. The van der Waals surface area contributed by atoms with Gasteiger partial charge in [0.1, 0.15) is 11.5 Å². The average Bonchev–Trinajstić information content (AvgIpc) is 2.35. The Morgan fingerprint density at radius 3 is 2.06 bits per heavy atom. The van der Waals surface area contributed by atoms with E-state index in [1.807, 2.05) is 13.8 Å². The third-order valence-electron chi connectivity index (χ3n) is 2.61. The lowest BCUT2D eigenvalue weighted by Crippen LogP contribution is -2.14. The molecule has 1 N–H and O–H groups in total. The largest absolute Gasteiger partial charge is 0.496 e. The number of carboxylic acid groups (broad SMARTS) is 1. The van der Waals surface area contributed by atoms with Crippen LogP contribution in [0, 0.1) is 0 Å². The van der Waals surface area contributed by atoms with Crippen molar-refractivity contribution in [3.63, 3.8) is 0 Å². The molecule has 0 saturated carbocycles. The zero-order valence-corrected chi connectivity index (χ0v) is 10.8. The van der Waals surface area contributed by atoms with E-state index in [1.54, 1.807) is 0 Å². The number of rotatable bonds is 5. The van der Waals surface area contributed by atoms with Gasteiger partial charge in [0.25, 0.3) is 5.78 Å². The number of carbonyl (C=O) groups excluding carboxylic acids is 1. The van der Waals surface area contributed by atoms with E-state index in [-0.39, 0.29) is 17.2 Å². The molecule has 0 saturated heterocycles. The van der Waals surface area contributed by atoms with Gasteiger partial charge in [-0.3, -0.25) is 4.79 Å². The molecule has 0 aliphatic heterocycles. The highest BCUT2D eigenvalue weighted by Gasteiger charge is 2.22.